The molecule has 0 spiro atoms. The van der Waals surface area contributed by atoms with Gasteiger partial charge >= 0.3 is 14.0 Å². The summed E-state index contributed by atoms with van der Waals surface area (Å²) in [6.07, 6.45) is 3.50. The van der Waals surface area contributed by atoms with E-state index in [1.165, 1.54) is 0 Å². The normalized spacial score (nSPS) is 16.2. The minimum Gasteiger partial charge on any atom is -0.506 e. The highest BCUT2D eigenvalue weighted by Crippen LogP contribution is 2.45. The summed E-state index contributed by atoms with van der Waals surface area (Å²) >= 11 is 0. The minimum atomic E-state index is -0.430. The molecule has 0 amide bonds. The van der Waals surface area contributed by atoms with Crippen molar-refractivity contribution in [3.05, 3.63) is 131 Å². The number of nitrogens with one attached hydrogen (secondary N) is 3. The number of carbonyl (C=O) groups excluding carboxylic acids is 1. The lowest BCUT2D eigenvalue weighted by molar-refractivity contribution is -0.109. The van der Waals surface area contributed by atoms with Crippen molar-refractivity contribution < 1.29 is 9.90 Å². The van der Waals surface area contributed by atoms with Crippen LogP contribution in [-0.4, -0.2) is 34.8 Å². The molecule has 0 atom stereocenters. The summed E-state index contributed by atoms with van der Waals surface area (Å²) in [4.78, 5) is 28.2. The number of Topliss-reactive ketones (excluding diaryl/α,β-unsaturated/α-hetero) is 1. The van der Waals surface area contributed by atoms with Gasteiger partial charge in [-0.25, -0.2) is 0 Å². The molecular formula is C34H22B2N6O2. The molecule has 8 nitrogen and oxygen atoms in total. The van der Waals surface area contributed by atoms with Gasteiger partial charge in [0.25, 0.3) is 0 Å². The molecule has 3 aliphatic rings. The summed E-state index contributed by atoms with van der Waals surface area (Å²) < 4.78 is 0. The second kappa shape index (κ2) is 9.31. The van der Waals surface area contributed by atoms with Gasteiger partial charge in [-0.1, -0.05) is 60.7 Å². The highest BCUT2D eigenvalue weighted by Gasteiger charge is 2.39. The number of aromatic nitrogens is 2. The highest BCUT2D eigenvalue weighted by molar-refractivity contribution is 6.79. The van der Waals surface area contributed by atoms with Gasteiger partial charge in [-0.3, -0.25) is 14.8 Å². The van der Waals surface area contributed by atoms with Crippen molar-refractivity contribution >= 4 is 80.7 Å². The van der Waals surface area contributed by atoms with E-state index in [2.05, 4.69) is 25.7 Å². The molecule has 4 heterocycles. The number of benzene rings is 4. The second-order valence-electron chi connectivity index (χ2n) is 11.1. The predicted molar refractivity (Wildman–Crippen MR) is 177 cm³/mol. The summed E-state index contributed by atoms with van der Waals surface area (Å²) in [5, 5.41) is 27.4. The van der Waals surface area contributed by atoms with E-state index in [4.69, 9.17) is 4.90 Å². The Hall–Kier alpha value is -5.89. The van der Waals surface area contributed by atoms with Crippen molar-refractivity contribution in [1.29, 1.82) is 0 Å². The van der Waals surface area contributed by atoms with Crippen LogP contribution in [0.2, 0.25) is 0 Å². The first-order valence-electron chi connectivity index (χ1n) is 14.5. The van der Waals surface area contributed by atoms with E-state index in [1.807, 2.05) is 97.1 Å². The summed E-state index contributed by atoms with van der Waals surface area (Å²) in [5.41, 5.74) is 5.42. The third kappa shape index (κ3) is 3.54. The lowest BCUT2D eigenvalue weighted by Crippen LogP contribution is -2.49. The lowest BCUT2D eigenvalue weighted by Gasteiger charge is -2.30. The van der Waals surface area contributed by atoms with E-state index in [0.29, 0.717) is 16.1 Å². The average molecular weight is 568 g/mol. The molecule has 6 aromatic rings. The molecule has 0 saturated carbocycles. The third-order valence-electron chi connectivity index (χ3n) is 8.62. The van der Waals surface area contributed by atoms with Crippen LogP contribution in [0.5, 0.6) is 0 Å². The molecule has 2 aromatic heterocycles. The van der Waals surface area contributed by atoms with E-state index in [0.717, 1.165) is 49.8 Å². The zero-order valence-corrected chi connectivity index (χ0v) is 23.2. The van der Waals surface area contributed by atoms with Gasteiger partial charge in [0.05, 0.1) is 27.7 Å². The Morgan fingerprint density at radius 2 is 1.34 bits per heavy atom. The third-order valence-corrected chi connectivity index (χ3v) is 8.62. The zero-order chi connectivity index (χ0) is 29.4. The molecule has 0 unspecified atom stereocenters. The molecule has 0 saturated heterocycles. The van der Waals surface area contributed by atoms with Crippen LogP contribution in [0.1, 0.15) is 5.56 Å². The van der Waals surface area contributed by atoms with Crippen LogP contribution in [0.3, 0.4) is 0 Å². The van der Waals surface area contributed by atoms with E-state index in [9.17, 15) is 9.90 Å². The molecule has 0 radical (unpaired) electrons. The molecule has 4 N–H and O–H groups in total. The van der Waals surface area contributed by atoms with Crippen LogP contribution in [0, 0.1) is 0 Å². The molecular weight excluding hydrogens is 546 g/mol. The Balaban J connectivity index is 1.26. The van der Waals surface area contributed by atoms with Crippen LogP contribution >= 0.6 is 0 Å². The number of aliphatic hydroxyl groups is 1. The fourth-order valence-electron chi connectivity index (χ4n) is 6.59. The fourth-order valence-corrected chi connectivity index (χ4v) is 6.59. The van der Waals surface area contributed by atoms with Crippen molar-refractivity contribution in [2.75, 3.05) is 15.7 Å². The molecule has 10 heteroatoms. The largest absolute Gasteiger partial charge is 0.506 e. The van der Waals surface area contributed by atoms with Crippen LogP contribution in [0.25, 0.3) is 32.7 Å². The van der Waals surface area contributed by atoms with Crippen molar-refractivity contribution in [2.45, 2.75) is 0 Å². The van der Waals surface area contributed by atoms with Gasteiger partial charge in [0.2, 0.25) is 5.78 Å². The number of hydrogen-bond donors (Lipinski definition) is 4. The zero-order valence-electron chi connectivity index (χ0n) is 23.2. The van der Waals surface area contributed by atoms with Gasteiger partial charge < -0.3 is 25.7 Å². The van der Waals surface area contributed by atoms with Gasteiger partial charge in [0, 0.05) is 51.0 Å². The van der Waals surface area contributed by atoms with E-state index in [1.54, 1.807) is 12.4 Å². The number of allylic oxidation sites excluding steroid dienone is 2. The summed E-state index contributed by atoms with van der Waals surface area (Å²) in [7, 11) is 0. The van der Waals surface area contributed by atoms with E-state index in [-0.39, 0.29) is 29.7 Å². The first-order chi connectivity index (χ1) is 21.7. The van der Waals surface area contributed by atoms with Gasteiger partial charge in [-0.2, -0.15) is 0 Å². The van der Waals surface area contributed by atoms with Gasteiger partial charge in [-0.05, 0) is 47.2 Å². The predicted octanol–water partition coefficient (Wildman–Crippen LogP) is 3.16. The SMILES string of the molecule is O=C1C(c2ccc3cccc4c3c2NB(c2ccccn2)N4)=C(O)C1=c1ccc2cccc3c2c1=NB(c1ccccn1)N3. The molecule has 0 bridgehead atoms. The fraction of sp³-hybridized carbons (Fsp3) is 0. The Morgan fingerprint density at radius 3 is 2.07 bits per heavy atom. The quantitative estimate of drug-likeness (QED) is 0.243. The molecule has 1 aliphatic carbocycles. The smallest absolute Gasteiger partial charge is 0.447 e. The maximum Gasteiger partial charge on any atom is 0.447 e. The molecule has 206 valence electrons. The molecule has 9 rings (SSSR count). The number of anilines is 3. The number of carbonyl (C=O) groups is 1. The summed E-state index contributed by atoms with van der Waals surface area (Å²) in [6, 6.07) is 31.3. The second-order valence-corrected chi connectivity index (χ2v) is 11.1. The number of ketones is 1. The first kappa shape index (κ1) is 24.7. The number of pyridine rings is 2. The van der Waals surface area contributed by atoms with Gasteiger partial charge in [-0.15, -0.1) is 0 Å². The monoisotopic (exact) mass is 568 g/mol. The Labute approximate surface area is 252 Å². The standard InChI is InChI=1S/C34H22B2N6O2/c43-33-29(21-15-13-19-7-5-9-23-27(19)31(21)41-35(39-23)25-11-1-3-17-37-25)34(44)30(33)22-16-14-20-8-6-10-24-28(20)32(22)42-36(40-24)26-12-2-4-18-38-26/h1-18,39-41,43H. The number of aliphatic hydroxyl groups excluding tert-OH is 1. The van der Waals surface area contributed by atoms with Gasteiger partial charge in [0.15, 0.2) is 0 Å². The average Bonchev–Trinajstić information content (AvgIpc) is 3.08. The molecule has 2 aliphatic heterocycles. The van der Waals surface area contributed by atoms with Crippen LogP contribution < -0.4 is 37.4 Å². The number of rotatable bonds is 3. The van der Waals surface area contributed by atoms with E-state index < -0.39 is 6.98 Å². The van der Waals surface area contributed by atoms with Crippen LogP contribution in [-0.2, 0) is 4.79 Å². The molecule has 44 heavy (non-hydrogen) atoms. The summed E-state index contributed by atoms with van der Waals surface area (Å²) in [5.74, 6) is -0.254. The van der Waals surface area contributed by atoms with Gasteiger partial charge in [0.1, 0.15) is 5.76 Å². The van der Waals surface area contributed by atoms with Crippen LogP contribution in [0.4, 0.5) is 17.1 Å². The Morgan fingerprint density at radius 1 is 0.636 bits per heavy atom. The molecule has 0 fully saturated rings. The summed E-state index contributed by atoms with van der Waals surface area (Å²) in [6.45, 7) is -0.740. The van der Waals surface area contributed by atoms with Crippen molar-refractivity contribution in [3.63, 3.8) is 0 Å². The maximum atomic E-state index is 14.1. The van der Waals surface area contributed by atoms with Crippen molar-refractivity contribution in [1.82, 2.24) is 9.97 Å². The van der Waals surface area contributed by atoms with Crippen molar-refractivity contribution in [2.24, 2.45) is 4.90 Å². The number of hydrogen-bond acceptors (Lipinski definition) is 8. The van der Waals surface area contributed by atoms with Crippen LogP contribution in [0.15, 0.2) is 120 Å². The highest BCUT2D eigenvalue weighted by atomic mass is 16.3. The topological polar surface area (TPSA) is 112 Å². The Bertz CT molecular complexity index is 2360. The van der Waals surface area contributed by atoms with E-state index >= 15 is 0 Å². The minimum absolute atomic E-state index is 0.0333. The lowest BCUT2D eigenvalue weighted by atomic mass is 9.68. The maximum absolute atomic E-state index is 14.1. The Kier molecular flexibility index (Phi) is 5.22. The van der Waals surface area contributed by atoms with Crippen molar-refractivity contribution in [3.8, 4) is 0 Å². The number of nitrogens with zero attached hydrogens (tertiary/aromatic N) is 3. The first-order valence-corrected chi connectivity index (χ1v) is 14.5. The molecule has 4 aromatic carbocycles.